The molecule has 22 heavy (non-hydrogen) atoms. The fourth-order valence-electron chi connectivity index (χ4n) is 2.24. The van der Waals surface area contributed by atoms with Crippen LogP contribution < -0.4 is 10.5 Å². The summed E-state index contributed by atoms with van der Waals surface area (Å²) in [6.45, 7) is 6.06. The zero-order valence-corrected chi connectivity index (χ0v) is 13.1. The van der Waals surface area contributed by atoms with Crippen molar-refractivity contribution in [2.75, 3.05) is 6.61 Å². The number of aromatic nitrogens is 2. The predicted molar refractivity (Wildman–Crippen MR) is 83.9 cm³/mol. The van der Waals surface area contributed by atoms with Gasteiger partial charge in [-0.1, -0.05) is 0 Å². The normalized spacial score (nSPS) is 11.6. The van der Waals surface area contributed by atoms with Crippen molar-refractivity contribution in [3.8, 4) is 5.88 Å². The maximum atomic E-state index is 10.5. The van der Waals surface area contributed by atoms with Gasteiger partial charge in [-0.25, -0.2) is 4.98 Å². The van der Waals surface area contributed by atoms with Gasteiger partial charge in [-0.2, -0.15) is 0 Å². The predicted octanol–water partition coefficient (Wildman–Crippen LogP) is 2.38. The summed E-state index contributed by atoms with van der Waals surface area (Å²) in [5.41, 5.74) is 7.50. The van der Waals surface area contributed by atoms with Crippen LogP contribution in [0.25, 0.3) is 10.8 Å². The Morgan fingerprint density at radius 1 is 1.32 bits per heavy atom. The minimum Gasteiger partial charge on any atom is -0.481 e. The Bertz CT molecular complexity index is 693. The molecule has 0 amide bonds. The summed E-state index contributed by atoms with van der Waals surface area (Å²) in [6.07, 6.45) is 3.94. The molecule has 2 rings (SSSR count). The standard InChI is InChI=1S/C16H21N3O3/c1-10-7-11-12(8-18-10)15(22-6-4-5-14(20)21)19-9-13(11)16(2,3)17/h7-9H,4-6,17H2,1-3H3,(H,20,21). The van der Waals surface area contributed by atoms with E-state index in [2.05, 4.69) is 9.97 Å². The second-order valence-corrected chi connectivity index (χ2v) is 5.92. The fraction of sp³-hybridized carbons (Fsp3) is 0.438. The van der Waals surface area contributed by atoms with E-state index in [0.29, 0.717) is 18.9 Å². The van der Waals surface area contributed by atoms with Crippen molar-refractivity contribution in [2.24, 2.45) is 5.73 Å². The Balaban J connectivity index is 2.35. The Labute approximate surface area is 129 Å². The minimum absolute atomic E-state index is 0.0726. The quantitative estimate of drug-likeness (QED) is 0.795. The van der Waals surface area contributed by atoms with Crippen molar-refractivity contribution in [1.82, 2.24) is 9.97 Å². The molecule has 2 aromatic rings. The van der Waals surface area contributed by atoms with Gasteiger partial charge >= 0.3 is 5.97 Å². The van der Waals surface area contributed by atoms with Crippen LogP contribution in [0.1, 0.15) is 37.9 Å². The van der Waals surface area contributed by atoms with Gasteiger partial charge in [0.05, 0.1) is 12.0 Å². The van der Waals surface area contributed by atoms with Gasteiger partial charge in [0.2, 0.25) is 5.88 Å². The molecular weight excluding hydrogens is 282 g/mol. The van der Waals surface area contributed by atoms with Crippen LogP contribution in [0.3, 0.4) is 0 Å². The molecule has 2 heterocycles. The second-order valence-electron chi connectivity index (χ2n) is 5.92. The van der Waals surface area contributed by atoms with Crippen LogP contribution in [0.4, 0.5) is 0 Å². The summed E-state index contributed by atoms with van der Waals surface area (Å²) >= 11 is 0. The van der Waals surface area contributed by atoms with Gasteiger partial charge in [-0.3, -0.25) is 9.78 Å². The first kappa shape index (κ1) is 16.2. The molecule has 0 radical (unpaired) electrons. The van der Waals surface area contributed by atoms with Crippen LogP contribution in [0.15, 0.2) is 18.5 Å². The molecule has 2 aromatic heterocycles. The number of fused-ring (bicyclic) bond motifs is 1. The molecule has 6 nitrogen and oxygen atoms in total. The van der Waals surface area contributed by atoms with E-state index in [1.807, 2.05) is 26.8 Å². The van der Waals surface area contributed by atoms with E-state index in [9.17, 15) is 4.79 Å². The largest absolute Gasteiger partial charge is 0.481 e. The molecule has 0 aromatic carbocycles. The molecule has 6 heteroatoms. The van der Waals surface area contributed by atoms with Crippen LogP contribution in [0, 0.1) is 6.92 Å². The van der Waals surface area contributed by atoms with E-state index in [1.54, 1.807) is 12.4 Å². The van der Waals surface area contributed by atoms with E-state index < -0.39 is 11.5 Å². The number of nitrogens with zero attached hydrogens (tertiary/aromatic N) is 2. The highest BCUT2D eigenvalue weighted by Gasteiger charge is 2.20. The lowest BCUT2D eigenvalue weighted by molar-refractivity contribution is -0.137. The molecule has 0 saturated heterocycles. The van der Waals surface area contributed by atoms with Gasteiger partial charge in [-0.15, -0.1) is 0 Å². The minimum atomic E-state index is -0.834. The molecule has 3 N–H and O–H groups in total. The third-order valence-corrected chi connectivity index (χ3v) is 3.34. The average molecular weight is 303 g/mol. The monoisotopic (exact) mass is 303 g/mol. The number of nitrogens with two attached hydrogens (primary N) is 1. The SMILES string of the molecule is Cc1cc2c(C(C)(C)N)cnc(OCCCC(=O)O)c2cn1. The number of carboxylic acids is 1. The third-order valence-electron chi connectivity index (χ3n) is 3.34. The van der Waals surface area contributed by atoms with E-state index in [0.717, 1.165) is 22.0 Å². The number of aliphatic carboxylic acids is 1. The molecule has 0 atom stereocenters. The van der Waals surface area contributed by atoms with Gasteiger partial charge < -0.3 is 15.6 Å². The molecule has 0 aliphatic carbocycles. The highest BCUT2D eigenvalue weighted by atomic mass is 16.5. The first-order chi connectivity index (χ1) is 10.3. The highest BCUT2D eigenvalue weighted by molar-refractivity contribution is 5.89. The van der Waals surface area contributed by atoms with Crippen LogP contribution >= 0.6 is 0 Å². The van der Waals surface area contributed by atoms with Crippen molar-refractivity contribution < 1.29 is 14.6 Å². The smallest absolute Gasteiger partial charge is 0.303 e. The first-order valence-electron chi connectivity index (χ1n) is 7.18. The molecule has 0 unspecified atom stereocenters. The fourth-order valence-corrected chi connectivity index (χ4v) is 2.24. The number of carboxylic acid groups (broad SMARTS) is 1. The highest BCUT2D eigenvalue weighted by Crippen LogP contribution is 2.31. The number of pyridine rings is 2. The Morgan fingerprint density at radius 3 is 2.68 bits per heavy atom. The van der Waals surface area contributed by atoms with Crippen LogP contribution in [-0.2, 0) is 10.3 Å². The molecule has 118 valence electrons. The molecule has 0 fully saturated rings. The number of aryl methyl sites for hydroxylation is 1. The number of carbonyl (C=O) groups is 1. The summed E-state index contributed by atoms with van der Waals surface area (Å²) in [6, 6.07) is 1.96. The number of rotatable bonds is 6. The Kier molecular flexibility index (Phi) is 4.61. The van der Waals surface area contributed by atoms with Gasteiger partial charge in [0.1, 0.15) is 0 Å². The molecule has 0 bridgehead atoms. The summed E-state index contributed by atoms with van der Waals surface area (Å²) < 4.78 is 5.62. The van der Waals surface area contributed by atoms with Crippen molar-refractivity contribution >= 4 is 16.7 Å². The summed E-state index contributed by atoms with van der Waals surface area (Å²) in [4.78, 5) is 19.1. The van der Waals surface area contributed by atoms with Crippen molar-refractivity contribution in [3.63, 3.8) is 0 Å². The third kappa shape index (κ3) is 3.71. The van der Waals surface area contributed by atoms with E-state index in [4.69, 9.17) is 15.6 Å². The molecule has 0 aliphatic rings. The maximum absolute atomic E-state index is 10.5. The lowest BCUT2D eigenvalue weighted by atomic mass is 9.93. The number of hydrogen-bond donors (Lipinski definition) is 2. The van der Waals surface area contributed by atoms with Gasteiger partial charge in [0.25, 0.3) is 0 Å². The molecule has 0 saturated carbocycles. The van der Waals surface area contributed by atoms with Gasteiger partial charge in [-0.05, 0) is 44.2 Å². The Hall–Kier alpha value is -2.21. The van der Waals surface area contributed by atoms with Crippen LogP contribution in [-0.4, -0.2) is 27.7 Å². The average Bonchev–Trinajstić information content (AvgIpc) is 2.41. The van der Waals surface area contributed by atoms with E-state index in [1.165, 1.54) is 0 Å². The van der Waals surface area contributed by atoms with Crippen molar-refractivity contribution in [2.45, 2.75) is 39.2 Å². The first-order valence-corrected chi connectivity index (χ1v) is 7.18. The van der Waals surface area contributed by atoms with E-state index in [-0.39, 0.29) is 6.42 Å². The number of hydrogen-bond acceptors (Lipinski definition) is 5. The molecule has 0 aliphatic heterocycles. The van der Waals surface area contributed by atoms with Gasteiger partial charge in [0, 0.05) is 30.0 Å². The maximum Gasteiger partial charge on any atom is 0.303 e. The Morgan fingerprint density at radius 2 is 2.05 bits per heavy atom. The molecular formula is C16H21N3O3. The summed E-state index contributed by atoms with van der Waals surface area (Å²) in [5, 5.41) is 10.4. The van der Waals surface area contributed by atoms with Gasteiger partial charge in [0.15, 0.2) is 0 Å². The topological polar surface area (TPSA) is 98.3 Å². The lowest BCUT2D eigenvalue weighted by Crippen LogP contribution is -2.29. The van der Waals surface area contributed by atoms with Crippen molar-refractivity contribution in [3.05, 3.63) is 29.7 Å². The second kappa shape index (κ2) is 6.27. The summed E-state index contributed by atoms with van der Waals surface area (Å²) in [7, 11) is 0. The van der Waals surface area contributed by atoms with Crippen LogP contribution in [0.5, 0.6) is 5.88 Å². The van der Waals surface area contributed by atoms with Crippen molar-refractivity contribution in [1.29, 1.82) is 0 Å². The zero-order valence-electron chi connectivity index (χ0n) is 13.1. The van der Waals surface area contributed by atoms with Crippen LogP contribution in [0.2, 0.25) is 0 Å². The molecule has 0 spiro atoms. The number of ether oxygens (including phenoxy) is 1. The van der Waals surface area contributed by atoms with E-state index >= 15 is 0 Å². The zero-order chi connectivity index (χ0) is 16.3. The lowest BCUT2D eigenvalue weighted by Gasteiger charge is -2.22. The summed E-state index contributed by atoms with van der Waals surface area (Å²) in [5.74, 6) is -0.375.